The molecule has 1 aliphatic rings. The third-order valence-corrected chi connectivity index (χ3v) is 6.84. The zero-order valence-electron chi connectivity index (χ0n) is 14.6. The van der Waals surface area contributed by atoms with Crippen molar-refractivity contribution in [2.75, 3.05) is 26.2 Å². The van der Waals surface area contributed by atoms with Crippen LogP contribution >= 0.6 is 46.1 Å². The van der Waals surface area contributed by atoms with E-state index < -0.39 is 0 Å². The minimum absolute atomic E-state index is 0.0673. The molecule has 1 unspecified atom stereocenters. The van der Waals surface area contributed by atoms with Gasteiger partial charge in [-0.25, -0.2) is 0 Å². The van der Waals surface area contributed by atoms with Crippen LogP contribution < -0.4 is 11.1 Å². The first-order valence-corrected chi connectivity index (χ1v) is 10.7. The number of piperidine rings is 1. The summed E-state index contributed by atoms with van der Waals surface area (Å²) in [5.74, 6) is -0.518. The lowest BCUT2D eigenvalue weighted by Gasteiger charge is -2.31. The summed E-state index contributed by atoms with van der Waals surface area (Å²) in [7, 11) is 0. The van der Waals surface area contributed by atoms with Gasteiger partial charge in [0.1, 0.15) is 4.88 Å². The van der Waals surface area contributed by atoms with Crippen molar-refractivity contribution < 1.29 is 9.59 Å². The molecular weight excluding hydrogens is 429 g/mol. The number of nitrogens with two attached hydrogens (primary N) is 1. The summed E-state index contributed by atoms with van der Waals surface area (Å²) in [5, 5.41) is 4.86. The summed E-state index contributed by atoms with van der Waals surface area (Å²) in [6.07, 6.45) is 2.62. The van der Waals surface area contributed by atoms with E-state index >= 15 is 0 Å². The Labute approximate surface area is 176 Å². The topological polar surface area (TPSA) is 75.4 Å². The van der Waals surface area contributed by atoms with Crippen molar-refractivity contribution >= 4 is 68.0 Å². The van der Waals surface area contributed by atoms with E-state index in [-0.39, 0.29) is 17.7 Å². The van der Waals surface area contributed by atoms with Gasteiger partial charge in [0.2, 0.25) is 5.91 Å². The van der Waals surface area contributed by atoms with E-state index in [1.54, 1.807) is 12.1 Å². The number of nitrogens with one attached hydrogen (secondary N) is 1. The highest BCUT2D eigenvalue weighted by Gasteiger charge is 2.23. The van der Waals surface area contributed by atoms with Crippen molar-refractivity contribution in [1.29, 1.82) is 0 Å². The van der Waals surface area contributed by atoms with Crippen molar-refractivity contribution in [2.24, 2.45) is 11.7 Å². The smallest absolute Gasteiger partial charge is 0.262 e. The lowest BCUT2D eigenvalue weighted by Crippen LogP contribution is -2.42. The van der Waals surface area contributed by atoms with Gasteiger partial charge < -0.3 is 16.0 Å². The molecule has 0 saturated carbocycles. The highest BCUT2D eigenvalue weighted by Crippen LogP contribution is 2.41. The van der Waals surface area contributed by atoms with Crippen LogP contribution in [0, 0.1) is 5.92 Å². The Morgan fingerprint density at radius 3 is 2.81 bits per heavy atom. The Kier molecular flexibility index (Phi) is 6.87. The molecule has 9 heteroatoms. The van der Waals surface area contributed by atoms with Crippen LogP contribution in [-0.4, -0.2) is 42.9 Å². The van der Waals surface area contributed by atoms with Gasteiger partial charge in [0.25, 0.3) is 5.91 Å². The maximum Gasteiger partial charge on any atom is 0.262 e. The molecule has 146 valence electrons. The largest absolute Gasteiger partial charge is 0.369 e. The van der Waals surface area contributed by atoms with Crippen molar-refractivity contribution in [3.63, 3.8) is 0 Å². The van der Waals surface area contributed by atoms with E-state index in [0.717, 1.165) is 37.1 Å². The Hall–Kier alpha value is -1.05. The van der Waals surface area contributed by atoms with E-state index in [2.05, 4.69) is 10.2 Å². The normalized spacial score (nSPS) is 18.0. The van der Waals surface area contributed by atoms with Gasteiger partial charge in [-0.15, -0.1) is 11.3 Å². The molecular formula is C18H20Cl3N3O2S. The van der Waals surface area contributed by atoms with E-state index in [0.29, 0.717) is 38.4 Å². The molecule has 0 bridgehead atoms. The Morgan fingerprint density at radius 1 is 1.30 bits per heavy atom. The number of rotatable bonds is 6. The number of thiophene rings is 1. The third-order valence-electron chi connectivity index (χ3n) is 4.70. The maximum atomic E-state index is 12.5. The fraction of sp³-hybridized carbons (Fsp3) is 0.444. The zero-order chi connectivity index (χ0) is 19.6. The Morgan fingerprint density at radius 2 is 2.07 bits per heavy atom. The van der Waals surface area contributed by atoms with Crippen LogP contribution in [-0.2, 0) is 4.79 Å². The SMILES string of the molecule is NC(=O)C1CCCN(CCCNC(=O)c2sc3cc(Cl)cc(Cl)c3c2Cl)C1. The van der Waals surface area contributed by atoms with Crippen LogP contribution in [0.25, 0.3) is 10.1 Å². The van der Waals surface area contributed by atoms with E-state index in [1.807, 2.05) is 0 Å². The van der Waals surface area contributed by atoms with Gasteiger partial charge in [-0.2, -0.15) is 0 Å². The molecule has 1 aromatic carbocycles. The van der Waals surface area contributed by atoms with Gasteiger partial charge >= 0.3 is 0 Å². The quantitative estimate of drug-likeness (QED) is 0.651. The maximum absolute atomic E-state index is 12.5. The molecule has 0 aliphatic carbocycles. The molecule has 1 saturated heterocycles. The fourth-order valence-corrected chi connectivity index (χ4v) is 5.63. The number of likely N-dealkylation sites (tertiary alicyclic amines) is 1. The standard InChI is InChI=1S/C18H20Cl3N3O2S/c19-11-7-12(20)14-13(8-11)27-16(15(14)21)18(26)23-4-2-6-24-5-1-3-10(9-24)17(22)25/h7-8,10H,1-6,9H2,(H2,22,25)(H,23,26). The zero-order valence-corrected chi connectivity index (χ0v) is 17.6. The number of fused-ring (bicyclic) bond motifs is 1. The van der Waals surface area contributed by atoms with Crippen molar-refractivity contribution in [2.45, 2.75) is 19.3 Å². The summed E-state index contributed by atoms with van der Waals surface area (Å²) >= 11 is 19.9. The van der Waals surface area contributed by atoms with Gasteiger partial charge in [-0.3, -0.25) is 9.59 Å². The second kappa shape index (κ2) is 8.97. The number of primary amides is 1. The number of nitrogens with zero attached hydrogens (tertiary/aromatic N) is 1. The summed E-state index contributed by atoms with van der Waals surface area (Å²) < 4.78 is 0.786. The monoisotopic (exact) mass is 447 g/mol. The molecule has 1 aliphatic heterocycles. The van der Waals surface area contributed by atoms with Crippen LogP contribution in [0.15, 0.2) is 12.1 Å². The second-order valence-corrected chi connectivity index (χ2v) is 8.93. The number of carbonyl (C=O) groups is 2. The Bertz CT molecular complexity index is 871. The fourth-order valence-electron chi connectivity index (χ4n) is 3.33. The van der Waals surface area contributed by atoms with Crippen LogP contribution in [0.5, 0.6) is 0 Å². The molecule has 0 radical (unpaired) electrons. The first-order valence-electron chi connectivity index (χ1n) is 8.73. The third kappa shape index (κ3) is 4.87. The molecule has 1 atom stereocenters. The first-order chi connectivity index (χ1) is 12.9. The van der Waals surface area contributed by atoms with Crippen LogP contribution in [0.3, 0.4) is 0 Å². The van der Waals surface area contributed by atoms with Gasteiger partial charge in [-0.1, -0.05) is 34.8 Å². The molecule has 1 fully saturated rings. The highest BCUT2D eigenvalue weighted by atomic mass is 35.5. The van der Waals surface area contributed by atoms with Crippen molar-refractivity contribution in [3.8, 4) is 0 Å². The predicted molar refractivity (Wildman–Crippen MR) is 112 cm³/mol. The summed E-state index contributed by atoms with van der Waals surface area (Å²) in [5.41, 5.74) is 5.40. The van der Waals surface area contributed by atoms with Crippen molar-refractivity contribution in [1.82, 2.24) is 10.2 Å². The average molecular weight is 449 g/mol. The van der Waals surface area contributed by atoms with Crippen LogP contribution in [0.1, 0.15) is 28.9 Å². The molecule has 5 nitrogen and oxygen atoms in total. The minimum atomic E-state index is -0.230. The number of amides is 2. The van der Waals surface area contributed by atoms with E-state index in [1.165, 1.54) is 11.3 Å². The molecule has 2 heterocycles. The number of hydrogen-bond donors (Lipinski definition) is 2. The second-order valence-electron chi connectivity index (χ2n) is 6.66. The van der Waals surface area contributed by atoms with Gasteiger partial charge in [0.05, 0.1) is 16.0 Å². The summed E-state index contributed by atoms with van der Waals surface area (Å²) in [6, 6.07) is 3.37. The molecule has 0 spiro atoms. The van der Waals surface area contributed by atoms with Crippen LogP contribution in [0.4, 0.5) is 0 Å². The lowest BCUT2D eigenvalue weighted by atomic mass is 9.97. The molecule has 2 amide bonds. The van der Waals surface area contributed by atoms with Gasteiger partial charge in [0.15, 0.2) is 0 Å². The highest BCUT2D eigenvalue weighted by molar-refractivity contribution is 7.21. The number of hydrogen-bond acceptors (Lipinski definition) is 4. The first kappa shape index (κ1) is 20.7. The lowest BCUT2D eigenvalue weighted by molar-refractivity contribution is -0.123. The molecule has 2 aromatic rings. The summed E-state index contributed by atoms with van der Waals surface area (Å²) in [6.45, 7) is 2.99. The molecule has 3 N–H and O–H groups in total. The van der Waals surface area contributed by atoms with Gasteiger partial charge in [0, 0.05) is 28.2 Å². The summed E-state index contributed by atoms with van der Waals surface area (Å²) in [4.78, 5) is 26.5. The Balaban J connectivity index is 1.54. The number of carbonyl (C=O) groups excluding carboxylic acids is 2. The number of benzene rings is 1. The minimum Gasteiger partial charge on any atom is -0.369 e. The number of halogens is 3. The molecule has 27 heavy (non-hydrogen) atoms. The molecule has 3 rings (SSSR count). The van der Waals surface area contributed by atoms with Crippen LogP contribution in [0.2, 0.25) is 15.1 Å². The van der Waals surface area contributed by atoms with E-state index in [4.69, 9.17) is 40.5 Å². The average Bonchev–Trinajstić information content (AvgIpc) is 2.95. The van der Waals surface area contributed by atoms with E-state index in [9.17, 15) is 9.59 Å². The molecule has 1 aromatic heterocycles. The van der Waals surface area contributed by atoms with Crippen molar-refractivity contribution in [3.05, 3.63) is 32.1 Å². The van der Waals surface area contributed by atoms with Gasteiger partial charge in [-0.05, 0) is 44.5 Å². The predicted octanol–water partition coefficient (Wildman–Crippen LogP) is 4.18.